The van der Waals surface area contributed by atoms with Crippen molar-refractivity contribution in [1.29, 1.82) is 0 Å². The molecule has 1 heterocycles. The van der Waals surface area contributed by atoms with Crippen LogP contribution < -0.4 is 33.4 Å². The van der Waals surface area contributed by atoms with Gasteiger partial charge < -0.3 is 42.6 Å². The van der Waals surface area contributed by atoms with Crippen LogP contribution in [0.1, 0.15) is 76.7 Å². The van der Waals surface area contributed by atoms with Gasteiger partial charge in [0, 0.05) is 24.3 Å². The van der Waals surface area contributed by atoms with E-state index in [-0.39, 0.29) is 25.1 Å². The predicted molar refractivity (Wildman–Crippen MR) is 277 cm³/mol. The lowest BCUT2D eigenvalue weighted by Gasteiger charge is -2.26. The van der Waals surface area contributed by atoms with E-state index in [0.29, 0.717) is 105 Å². The number of carbonyl (C=O) groups excluding carboxylic acids is 6. The summed E-state index contributed by atoms with van der Waals surface area (Å²) in [6, 6.07) is 25.1. The zero-order valence-corrected chi connectivity index (χ0v) is 42.4. The maximum Gasteiger partial charge on any atom is 0.333 e. The highest BCUT2D eigenvalue weighted by molar-refractivity contribution is 7.22. The van der Waals surface area contributed by atoms with Crippen LogP contribution in [0.25, 0.3) is 10.2 Å². The highest BCUT2D eigenvalue weighted by Crippen LogP contribution is 2.35. The standard InChI is InChI=1S/C56H59N3O15S/c1-4-7-31-66-32-30-59(56-58-47-10-8-9-11-49(47)75-56)57-34-41-33-46(73-54(64)39-14-12-37(13-15-39)52(62)71-44-24-20-42(21-25-44)67-35-69-50(60)5-2)28-29-48(41)74-55(65)40-18-16-38(17-19-40)53(63)72-45-26-22-43(23-27-45)68-36-70-51(61)6-3/h5-6,8-11,20-29,33-34,37-40H,2-4,7,12-19,30-32,35-36H2,1H3/b57-34+. The Labute approximate surface area is 438 Å². The quantitative estimate of drug-likeness (QED) is 0.0101. The van der Waals surface area contributed by atoms with Gasteiger partial charge in [-0.05, 0) is 137 Å². The van der Waals surface area contributed by atoms with Gasteiger partial charge in [-0.2, -0.15) is 5.10 Å². The number of fused-ring (bicyclic) bond motifs is 1. The van der Waals surface area contributed by atoms with E-state index in [1.54, 1.807) is 78.0 Å². The number of nitrogens with zero attached hydrogens (tertiary/aromatic N) is 3. The SMILES string of the molecule is C=CC(=O)OCOc1ccc(OC(=O)C2CCC(C(=O)Oc3ccc(OC(=O)C4CCC(C(=O)Oc5ccc(OCOC(=O)C=C)cc5)CC4)c(/C=N/N(CCOCCCC)c4nc5ccccc5s4)c3)CC2)cc1. The Morgan fingerprint density at radius 2 is 1.08 bits per heavy atom. The van der Waals surface area contributed by atoms with Gasteiger partial charge in [-0.15, -0.1) is 0 Å². The summed E-state index contributed by atoms with van der Waals surface area (Å²) in [5.41, 5.74) is 1.18. The number of hydrazone groups is 1. The van der Waals surface area contributed by atoms with E-state index in [0.717, 1.165) is 35.2 Å². The summed E-state index contributed by atoms with van der Waals surface area (Å²) in [7, 11) is 0. The number of para-hydroxylation sites is 1. The average Bonchev–Trinajstić information content (AvgIpc) is 3.87. The molecule has 0 saturated heterocycles. The van der Waals surface area contributed by atoms with Gasteiger partial charge in [0.1, 0.15) is 34.5 Å². The number of ether oxygens (including phenoxy) is 9. The first kappa shape index (κ1) is 54.9. The molecular formula is C56H59N3O15S. The number of benzene rings is 4. The zero-order valence-electron chi connectivity index (χ0n) is 41.6. The van der Waals surface area contributed by atoms with E-state index in [1.807, 2.05) is 24.3 Å². The van der Waals surface area contributed by atoms with Crippen molar-refractivity contribution >= 4 is 68.7 Å². The molecule has 2 aliphatic rings. The van der Waals surface area contributed by atoms with Gasteiger partial charge in [0.15, 0.2) is 0 Å². The largest absolute Gasteiger partial charge is 0.457 e. The Kier molecular flexibility index (Phi) is 20.5. The van der Waals surface area contributed by atoms with Crippen LogP contribution >= 0.6 is 11.3 Å². The maximum absolute atomic E-state index is 13.9. The number of carbonyl (C=O) groups is 6. The van der Waals surface area contributed by atoms with Crippen molar-refractivity contribution in [1.82, 2.24) is 4.98 Å². The van der Waals surface area contributed by atoms with Crippen molar-refractivity contribution in [2.75, 3.05) is 38.4 Å². The third-order valence-electron chi connectivity index (χ3n) is 12.4. The number of aromatic nitrogens is 1. The van der Waals surface area contributed by atoms with E-state index in [2.05, 4.69) is 20.1 Å². The predicted octanol–water partition coefficient (Wildman–Crippen LogP) is 9.72. The van der Waals surface area contributed by atoms with E-state index < -0.39 is 59.5 Å². The van der Waals surface area contributed by atoms with Gasteiger partial charge in [0.05, 0.1) is 53.3 Å². The van der Waals surface area contributed by atoms with Crippen molar-refractivity contribution in [2.24, 2.45) is 28.8 Å². The van der Waals surface area contributed by atoms with Crippen molar-refractivity contribution in [3.8, 4) is 34.5 Å². The summed E-state index contributed by atoms with van der Waals surface area (Å²) < 4.78 is 50.5. The molecule has 0 atom stereocenters. The first-order valence-electron chi connectivity index (χ1n) is 24.8. The summed E-state index contributed by atoms with van der Waals surface area (Å²) in [5.74, 6) is -2.99. The first-order valence-corrected chi connectivity index (χ1v) is 25.6. The number of hydrogen-bond donors (Lipinski definition) is 0. The second-order valence-corrected chi connectivity index (χ2v) is 18.6. The fraction of sp³-hybridized carbons (Fsp3) is 0.357. The van der Waals surface area contributed by atoms with E-state index in [1.165, 1.54) is 11.3 Å². The Balaban J connectivity index is 0.984. The molecule has 0 radical (unpaired) electrons. The fourth-order valence-corrected chi connectivity index (χ4v) is 9.09. The molecule has 0 N–H and O–H groups in total. The highest BCUT2D eigenvalue weighted by Gasteiger charge is 2.34. The number of anilines is 1. The number of rotatable bonds is 25. The third kappa shape index (κ3) is 16.6. The van der Waals surface area contributed by atoms with Gasteiger partial charge in [0.2, 0.25) is 18.7 Å². The highest BCUT2D eigenvalue weighted by atomic mass is 32.1. The van der Waals surface area contributed by atoms with Crippen LogP contribution in [0.15, 0.2) is 121 Å². The fourth-order valence-electron chi connectivity index (χ4n) is 8.15. The van der Waals surface area contributed by atoms with Crippen LogP contribution in [0.4, 0.5) is 5.13 Å². The lowest BCUT2D eigenvalue weighted by atomic mass is 9.82. The molecular weight excluding hydrogens is 987 g/mol. The Morgan fingerprint density at radius 3 is 1.57 bits per heavy atom. The van der Waals surface area contributed by atoms with Crippen LogP contribution in [0, 0.1) is 23.7 Å². The summed E-state index contributed by atoms with van der Waals surface area (Å²) in [4.78, 5) is 81.1. The molecule has 0 unspecified atom stereocenters. The van der Waals surface area contributed by atoms with Crippen LogP contribution in [0.3, 0.4) is 0 Å². The normalized spacial score (nSPS) is 17.2. The lowest BCUT2D eigenvalue weighted by molar-refractivity contribution is -0.145. The third-order valence-corrected chi connectivity index (χ3v) is 13.4. The van der Waals surface area contributed by atoms with Crippen LogP contribution in [-0.2, 0) is 43.0 Å². The summed E-state index contributed by atoms with van der Waals surface area (Å²) in [6.07, 6.45) is 8.72. The minimum atomic E-state index is -0.616. The summed E-state index contributed by atoms with van der Waals surface area (Å²) in [5, 5.41) is 7.19. The molecule has 2 fully saturated rings. The molecule has 2 aliphatic carbocycles. The minimum Gasteiger partial charge on any atom is -0.457 e. The molecule has 18 nitrogen and oxygen atoms in total. The van der Waals surface area contributed by atoms with Crippen LogP contribution in [0.5, 0.6) is 34.5 Å². The number of unbranched alkanes of at least 4 members (excludes halogenated alkanes) is 1. The molecule has 1 aromatic heterocycles. The number of esters is 6. The minimum absolute atomic E-state index is 0.190. The van der Waals surface area contributed by atoms with Gasteiger partial charge in [-0.25, -0.2) is 19.6 Å². The van der Waals surface area contributed by atoms with Gasteiger partial charge in [-0.3, -0.25) is 19.2 Å². The number of thiazole rings is 1. The topological polar surface area (TPSA) is 214 Å². The Bertz CT molecular complexity index is 2760. The summed E-state index contributed by atoms with van der Waals surface area (Å²) >= 11 is 1.47. The number of hydrogen-bond acceptors (Lipinski definition) is 19. The average molecular weight is 1050 g/mol. The van der Waals surface area contributed by atoms with Gasteiger partial charge in [-0.1, -0.05) is 50.0 Å². The monoisotopic (exact) mass is 1050 g/mol. The Morgan fingerprint density at radius 1 is 0.613 bits per heavy atom. The van der Waals surface area contributed by atoms with Crippen molar-refractivity contribution < 1.29 is 71.4 Å². The van der Waals surface area contributed by atoms with E-state index >= 15 is 0 Å². The van der Waals surface area contributed by atoms with Crippen molar-refractivity contribution in [3.63, 3.8) is 0 Å². The smallest absolute Gasteiger partial charge is 0.333 e. The molecule has 394 valence electrons. The molecule has 75 heavy (non-hydrogen) atoms. The molecule has 0 aliphatic heterocycles. The lowest BCUT2D eigenvalue weighted by Crippen LogP contribution is -2.30. The van der Waals surface area contributed by atoms with Gasteiger partial charge in [0.25, 0.3) is 0 Å². The van der Waals surface area contributed by atoms with Gasteiger partial charge >= 0.3 is 35.8 Å². The molecule has 5 aromatic rings. The molecule has 0 bridgehead atoms. The van der Waals surface area contributed by atoms with Crippen LogP contribution in [0.2, 0.25) is 0 Å². The molecule has 2 saturated carbocycles. The van der Waals surface area contributed by atoms with E-state index in [4.69, 9.17) is 52.7 Å². The molecule has 0 spiro atoms. The molecule has 0 amide bonds. The zero-order chi connectivity index (χ0) is 52.9. The second kappa shape index (κ2) is 28.0. The molecule has 7 rings (SSSR count). The van der Waals surface area contributed by atoms with Crippen molar-refractivity contribution in [3.05, 3.63) is 122 Å². The maximum atomic E-state index is 13.9. The first-order chi connectivity index (χ1) is 36.5. The van der Waals surface area contributed by atoms with Crippen molar-refractivity contribution in [2.45, 2.75) is 71.1 Å². The Hall–Kier alpha value is -7.90. The summed E-state index contributed by atoms with van der Waals surface area (Å²) in [6.45, 7) is 9.51. The van der Waals surface area contributed by atoms with E-state index in [9.17, 15) is 28.8 Å². The molecule has 19 heteroatoms. The molecule has 4 aromatic carbocycles. The second-order valence-electron chi connectivity index (χ2n) is 17.6. The van der Waals surface area contributed by atoms with Crippen LogP contribution in [-0.4, -0.2) is 80.4 Å².